The van der Waals surface area contributed by atoms with E-state index in [1.165, 1.54) is 31.8 Å². The molecule has 0 saturated heterocycles. The van der Waals surface area contributed by atoms with E-state index in [2.05, 4.69) is 6.08 Å². The third-order valence-electron chi connectivity index (χ3n) is 3.09. The van der Waals surface area contributed by atoms with Crippen molar-refractivity contribution in [1.82, 2.24) is 0 Å². The fourth-order valence-corrected chi connectivity index (χ4v) is 1.82. The van der Waals surface area contributed by atoms with Gasteiger partial charge in [-0.2, -0.15) is 0 Å². The molecule has 0 amide bonds. The highest BCUT2D eigenvalue weighted by Gasteiger charge is 1.99. The molecule has 0 saturated carbocycles. The topological polar surface area (TPSA) is 57.5 Å². The summed E-state index contributed by atoms with van der Waals surface area (Å²) in [7, 11) is 0. The third-order valence-corrected chi connectivity index (χ3v) is 3.09. The number of aliphatic hydroxyl groups excluding tert-OH is 1. The number of aliphatic hydroxyl groups is 1. The van der Waals surface area contributed by atoms with Gasteiger partial charge in [-0.15, -0.1) is 0 Å². The smallest absolute Gasteiger partial charge is 0.328 e. The first-order valence-corrected chi connectivity index (χ1v) is 7.57. The number of carbonyl (C=O) groups is 1. The van der Waals surface area contributed by atoms with Gasteiger partial charge in [-0.05, 0) is 25.7 Å². The van der Waals surface area contributed by atoms with E-state index < -0.39 is 5.97 Å². The molecule has 1 unspecified atom stereocenters. The van der Waals surface area contributed by atoms with Crippen molar-refractivity contribution in [3.8, 4) is 0 Å². The Hall–Kier alpha value is -1.35. The number of unbranched alkanes of at least 4 members (excludes halogenated alkanes) is 5. The Morgan fingerprint density at radius 1 is 1.00 bits per heavy atom. The molecular weight excluding hydrogens is 252 g/mol. The second kappa shape index (κ2) is 14.1. The molecule has 0 rings (SSSR count). The summed E-state index contributed by atoms with van der Waals surface area (Å²) in [5.74, 6) is -0.926. The first kappa shape index (κ1) is 18.7. The molecule has 3 heteroatoms. The largest absolute Gasteiger partial charge is 0.478 e. The lowest BCUT2D eigenvalue weighted by Crippen LogP contribution is -2.03. The van der Waals surface area contributed by atoms with Gasteiger partial charge >= 0.3 is 5.97 Å². The van der Waals surface area contributed by atoms with Crippen LogP contribution in [-0.4, -0.2) is 22.3 Å². The van der Waals surface area contributed by atoms with E-state index in [0.29, 0.717) is 0 Å². The summed E-state index contributed by atoms with van der Waals surface area (Å²) >= 11 is 0. The van der Waals surface area contributed by atoms with Gasteiger partial charge < -0.3 is 10.2 Å². The van der Waals surface area contributed by atoms with E-state index in [1.54, 1.807) is 6.08 Å². The second-order valence-corrected chi connectivity index (χ2v) is 4.92. The molecule has 0 aromatic carbocycles. The molecule has 0 aliphatic carbocycles. The van der Waals surface area contributed by atoms with Crippen LogP contribution in [-0.2, 0) is 4.79 Å². The molecule has 114 valence electrons. The van der Waals surface area contributed by atoms with Crippen LogP contribution in [0.1, 0.15) is 58.3 Å². The lowest BCUT2D eigenvalue weighted by Gasteiger charge is -2.06. The highest BCUT2D eigenvalue weighted by Crippen LogP contribution is 2.10. The molecule has 20 heavy (non-hydrogen) atoms. The maximum atomic E-state index is 10.2. The van der Waals surface area contributed by atoms with Gasteiger partial charge in [-0.3, -0.25) is 0 Å². The van der Waals surface area contributed by atoms with Crippen molar-refractivity contribution in [1.29, 1.82) is 0 Å². The number of carboxylic acids is 1. The van der Waals surface area contributed by atoms with Gasteiger partial charge in [-0.25, -0.2) is 4.79 Å². The Bertz CT molecular complexity index is 316. The predicted octanol–water partition coefficient (Wildman–Crippen LogP) is 4.24. The molecule has 0 bridgehead atoms. The summed E-state index contributed by atoms with van der Waals surface area (Å²) < 4.78 is 0. The number of carboxylic acid groups (broad SMARTS) is 1. The van der Waals surface area contributed by atoms with Gasteiger partial charge in [0.05, 0.1) is 6.10 Å². The number of allylic oxidation sites excluding steroid dienone is 5. The number of hydrogen-bond acceptors (Lipinski definition) is 2. The summed E-state index contributed by atoms with van der Waals surface area (Å²) in [6.07, 6.45) is 19.0. The minimum Gasteiger partial charge on any atom is -0.478 e. The van der Waals surface area contributed by atoms with Crippen molar-refractivity contribution in [2.75, 3.05) is 0 Å². The molecule has 3 nitrogen and oxygen atoms in total. The zero-order valence-electron chi connectivity index (χ0n) is 12.5. The number of rotatable bonds is 12. The maximum Gasteiger partial charge on any atom is 0.328 e. The van der Waals surface area contributed by atoms with E-state index in [4.69, 9.17) is 5.11 Å². The molecule has 0 aliphatic heterocycles. The van der Waals surface area contributed by atoms with Crippen molar-refractivity contribution in [3.05, 3.63) is 36.5 Å². The molecular formula is C17H28O3. The lowest BCUT2D eigenvalue weighted by molar-refractivity contribution is -0.131. The van der Waals surface area contributed by atoms with Gasteiger partial charge in [0.2, 0.25) is 0 Å². The molecule has 0 aliphatic rings. The second-order valence-electron chi connectivity index (χ2n) is 4.92. The summed E-state index contributed by atoms with van der Waals surface area (Å²) in [4.78, 5) is 10.2. The van der Waals surface area contributed by atoms with Crippen molar-refractivity contribution in [2.45, 2.75) is 64.4 Å². The van der Waals surface area contributed by atoms with E-state index in [-0.39, 0.29) is 6.10 Å². The summed E-state index contributed by atoms with van der Waals surface area (Å²) in [5.41, 5.74) is 0. The fourth-order valence-electron chi connectivity index (χ4n) is 1.82. The molecule has 0 radical (unpaired) electrons. The standard InChI is InChI=1S/C17H28O3/c1-2-16(18)14-12-10-8-6-4-3-5-7-9-11-13-15-17(19)20/h5,7,9,11,13,15-16,18H,2-4,6,8,10,12,14H2,1H3,(H,19,20)/b7-5+,11-9+,15-13+. The van der Waals surface area contributed by atoms with Crippen LogP contribution in [0.4, 0.5) is 0 Å². The Morgan fingerprint density at radius 3 is 2.35 bits per heavy atom. The van der Waals surface area contributed by atoms with Gasteiger partial charge in [0.15, 0.2) is 0 Å². The minimum atomic E-state index is -0.926. The van der Waals surface area contributed by atoms with E-state index in [9.17, 15) is 9.90 Å². The summed E-state index contributed by atoms with van der Waals surface area (Å²) in [5, 5.41) is 17.8. The lowest BCUT2D eigenvalue weighted by atomic mass is 10.1. The Balaban J connectivity index is 3.33. The Kier molecular flexibility index (Phi) is 13.1. The predicted molar refractivity (Wildman–Crippen MR) is 83.7 cm³/mol. The van der Waals surface area contributed by atoms with Crippen LogP contribution in [0.25, 0.3) is 0 Å². The zero-order valence-corrected chi connectivity index (χ0v) is 12.5. The Morgan fingerprint density at radius 2 is 1.65 bits per heavy atom. The quantitative estimate of drug-likeness (QED) is 0.319. The minimum absolute atomic E-state index is 0.111. The van der Waals surface area contributed by atoms with E-state index in [1.807, 2.05) is 19.1 Å². The van der Waals surface area contributed by atoms with Crippen LogP contribution in [0.2, 0.25) is 0 Å². The maximum absolute atomic E-state index is 10.2. The SMILES string of the molecule is CCC(O)CCCCCCC/C=C/C=C/C=C/C(=O)O. The van der Waals surface area contributed by atoms with Crippen LogP contribution in [0.5, 0.6) is 0 Å². The van der Waals surface area contributed by atoms with Gasteiger partial charge in [0.1, 0.15) is 0 Å². The highest BCUT2D eigenvalue weighted by molar-refractivity contribution is 5.80. The van der Waals surface area contributed by atoms with Crippen LogP contribution >= 0.6 is 0 Å². The zero-order chi connectivity index (χ0) is 15.1. The molecule has 0 aromatic heterocycles. The van der Waals surface area contributed by atoms with Crippen LogP contribution in [0, 0.1) is 0 Å². The van der Waals surface area contributed by atoms with E-state index >= 15 is 0 Å². The van der Waals surface area contributed by atoms with E-state index in [0.717, 1.165) is 31.8 Å². The van der Waals surface area contributed by atoms with Gasteiger partial charge in [-0.1, -0.05) is 63.0 Å². The van der Waals surface area contributed by atoms with Crippen LogP contribution in [0.3, 0.4) is 0 Å². The average Bonchev–Trinajstić information content (AvgIpc) is 2.43. The van der Waals surface area contributed by atoms with Crippen LogP contribution in [0.15, 0.2) is 36.5 Å². The summed E-state index contributed by atoms with van der Waals surface area (Å²) in [6.45, 7) is 2.02. The number of aliphatic carboxylic acids is 1. The molecule has 0 aromatic rings. The molecule has 2 N–H and O–H groups in total. The molecule has 0 fully saturated rings. The van der Waals surface area contributed by atoms with Crippen molar-refractivity contribution < 1.29 is 15.0 Å². The average molecular weight is 280 g/mol. The number of hydrogen-bond donors (Lipinski definition) is 2. The van der Waals surface area contributed by atoms with Crippen molar-refractivity contribution >= 4 is 5.97 Å². The van der Waals surface area contributed by atoms with Crippen molar-refractivity contribution in [2.24, 2.45) is 0 Å². The summed E-state index contributed by atoms with van der Waals surface area (Å²) in [6, 6.07) is 0. The molecule has 0 spiro atoms. The fraction of sp³-hybridized carbons (Fsp3) is 0.588. The monoisotopic (exact) mass is 280 g/mol. The first-order valence-electron chi connectivity index (χ1n) is 7.57. The molecule has 1 atom stereocenters. The molecule has 0 heterocycles. The highest BCUT2D eigenvalue weighted by atomic mass is 16.4. The van der Waals surface area contributed by atoms with Gasteiger partial charge in [0, 0.05) is 6.08 Å². The first-order chi connectivity index (χ1) is 9.66. The normalized spacial score (nSPS) is 13.7. The van der Waals surface area contributed by atoms with Gasteiger partial charge in [0.25, 0.3) is 0 Å². The van der Waals surface area contributed by atoms with Crippen molar-refractivity contribution in [3.63, 3.8) is 0 Å². The van der Waals surface area contributed by atoms with Crippen LogP contribution < -0.4 is 0 Å². The third kappa shape index (κ3) is 14.7. The Labute approximate surface area is 122 Å².